The molecule has 4 heteroatoms. The maximum atomic E-state index is 12.3. The van der Waals surface area contributed by atoms with Crippen LogP contribution >= 0.6 is 0 Å². The van der Waals surface area contributed by atoms with Gasteiger partial charge in [0.2, 0.25) is 5.91 Å². The predicted molar refractivity (Wildman–Crippen MR) is 74.2 cm³/mol. The summed E-state index contributed by atoms with van der Waals surface area (Å²) in [5.41, 5.74) is 1.24. The van der Waals surface area contributed by atoms with Crippen LogP contribution in [-0.2, 0) is 11.3 Å². The van der Waals surface area contributed by atoms with E-state index >= 15 is 0 Å². The minimum absolute atomic E-state index is 0.240. The molecule has 0 radical (unpaired) electrons. The second-order valence-electron chi connectivity index (χ2n) is 6.04. The highest BCUT2D eigenvalue weighted by atomic mass is 16.4. The second kappa shape index (κ2) is 4.93. The fraction of sp³-hybridized carbons (Fsp3) is 0.500. The quantitative estimate of drug-likeness (QED) is 0.896. The number of hydrogen-bond donors (Lipinski definition) is 1. The van der Waals surface area contributed by atoms with Crippen molar-refractivity contribution >= 4 is 11.9 Å². The molecule has 20 heavy (non-hydrogen) atoms. The Kier molecular flexibility index (Phi) is 3.24. The number of amides is 1. The fourth-order valence-electron chi connectivity index (χ4n) is 2.93. The van der Waals surface area contributed by atoms with Crippen LogP contribution in [0.2, 0.25) is 0 Å². The monoisotopic (exact) mass is 273 g/mol. The van der Waals surface area contributed by atoms with Crippen molar-refractivity contribution in [3.63, 3.8) is 0 Å². The normalized spacial score (nSPS) is 24.2. The molecule has 0 bridgehead atoms. The Balaban J connectivity index is 1.56. The molecule has 4 nitrogen and oxygen atoms in total. The topological polar surface area (TPSA) is 57.6 Å². The Morgan fingerprint density at radius 3 is 2.45 bits per heavy atom. The first-order valence-corrected chi connectivity index (χ1v) is 7.13. The summed E-state index contributed by atoms with van der Waals surface area (Å²) < 4.78 is 0. The Bertz CT molecular complexity index is 533. The lowest BCUT2D eigenvalue weighted by Gasteiger charge is -2.17. The molecule has 2 fully saturated rings. The minimum Gasteiger partial charge on any atom is -0.478 e. The van der Waals surface area contributed by atoms with E-state index in [4.69, 9.17) is 5.11 Å². The van der Waals surface area contributed by atoms with Gasteiger partial charge in [-0.1, -0.05) is 12.1 Å². The van der Waals surface area contributed by atoms with Crippen LogP contribution < -0.4 is 0 Å². The number of carbonyl (C=O) groups is 2. The van der Waals surface area contributed by atoms with E-state index in [2.05, 4.69) is 0 Å². The summed E-state index contributed by atoms with van der Waals surface area (Å²) in [4.78, 5) is 24.8. The largest absolute Gasteiger partial charge is 0.478 e. The molecule has 106 valence electrons. The third-order valence-electron chi connectivity index (χ3n) is 4.38. The van der Waals surface area contributed by atoms with Gasteiger partial charge in [-0.05, 0) is 48.8 Å². The smallest absolute Gasteiger partial charge is 0.335 e. The van der Waals surface area contributed by atoms with Gasteiger partial charge >= 0.3 is 5.97 Å². The summed E-state index contributed by atoms with van der Waals surface area (Å²) in [6.45, 7) is 0.548. The molecular formula is C16H19NO3. The van der Waals surface area contributed by atoms with Crippen LogP contribution in [0.15, 0.2) is 24.3 Å². The molecular weight excluding hydrogens is 254 g/mol. The first-order chi connectivity index (χ1) is 9.56. The average Bonchev–Trinajstić information content (AvgIpc) is 3.27. The summed E-state index contributed by atoms with van der Waals surface area (Å²) in [5.74, 6) is 1.01. The molecule has 0 spiro atoms. The number of aromatic carboxylic acids is 1. The van der Waals surface area contributed by atoms with E-state index < -0.39 is 5.97 Å². The fourth-order valence-corrected chi connectivity index (χ4v) is 2.93. The molecule has 1 aromatic carbocycles. The van der Waals surface area contributed by atoms with Crippen molar-refractivity contribution in [1.82, 2.24) is 4.90 Å². The summed E-state index contributed by atoms with van der Waals surface area (Å²) >= 11 is 0. The van der Waals surface area contributed by atoms with Crippen LogP contribution in [0.4, 0.5) is 0 Å². The lowest BCUT2D eigenvalue weighted by Crippen LogP contribution is -2.28. The van der Waals surface area contributed by atoms with Gasteiger partial charge < -0.3 is 10.0 Å². The van der Waals surface area contributed by atoms with Crippen molar-refractivity contribution in [2.75, 3.05) is 7.05 Å². The van der Waals surface area contributed by atoms with Crippen LogP contribution in [0.5, 0.6) is 0 Å². The van der Waals surface area contributed by atoms with Gasteiger partial charge in [-0.15, -0.1) is 0 Å². The SMILES string of the molecule is CN(Cc1ccc(C(=O)O)cc1)C(=O)C1CC1C1CC1. The first-order valence-electron chi connectivity index (χ1n) is 7.13. The highest BCUT2D eigenvalue weighted by molar-refractivity contribution is 5.87. The van der Waals surface area contributed by atoms with Crippen LogP contribution in [0.3, 0.4) is 0 Å². The van der Waals surface area contributed by atoms with Gasteiger partial charge in [-0.3, -0.25) is 4.79 Å². The number of carboxylic acids is 1. The van der Waals surface area contributed by atoms with Crippen LogP contribution in [0, 0.1) is 17.8 Å². The average molecular weight is 273 g/mol. The Hall–Kier alpha value is -1.84. The highest BCUT2D eigenvalue weighted by Crippen LogP contribution is 2.54. The first kappa shape index (κ1) is 13.2. The van der Waals surface area contributed by atoms with Crippen LogP contribution in [0.25, 0.3) is 0 Å². The molecule has 2 saturated carbocycles. The van der Waals surface area contributed by atoms with Crippen molar-refractivity contribution in [3.05, 3.63) is 35.4 Å². The molecule has 0 aliphatic heterocycles. The number of rotatable bonds is 5. The van der Waals surface area contributed by atoms with Crippen molar-refractivity contribution in [2.45, 2.75) is 25.8 Å². The molecule has 2 atom stereocenters. The van der Waals surface area contributed by atoms with E-state index in [1.807, 2.05) is 7.05 Å². The molecule has 0 aromatic heterocycles. The van der Waals surface area contributed by atoms with E-state index in [9.17, 15) is 9.59 Å². The standard InChI is InChI=1S/C16H19NO3/c1-17(15(18)14-8-13(14)11-6-7-11)9-10-2-4-12(5-3-10)16(19)20/h2-5,11,13-14H,6-9H2,1H3,(H,19,20). The molecule has 2 aliphatic rings. The minimum atomic E-state index is -0.925. The summed E-state index contributed by atoms with van der Waals surface area (Å²) in [6.07, 6.45) is 3.66. The lowest BCUT2D eigenvalue weighted by atomic mass is 10.1. The zero-order chi connectivity index (χ0) is 14.3. The number of nitrogens with zero attached hydrogens (tertiary/aromatic N) is 1. The van der Waals surface area contributed by atoms with Crippen molar-refractivity contribution in [1.29, 1.82) is 0 Å². The number of carboxylic acid groups (broad SMARTS) is 1. The molecule has 1 aromatic rings. The number of benzene rings is 1. The van der Waals surface area contributed by atoms with Gasteiger partial charge in [0.25, 0.3) is 0 Å². The van der Waals surface area contributed by atoms with E-state index in [-0.39, 0.29) is 17.4 Å². The molecule has 2 aliphatic carbocycles. The van der Waals surface area contributed by atoms with Gasteiger partial charge in [0.05, 0.1) is 5.56 Å². The zero-order valence-corrected chi connectivity index (χ0v) is 11.6. The third-order valence-corrected chi connectivity index (χ3v) is 4.38. The van der Waals surface area contributed by atoms with E-state index in [0.29, 0.717) is 12.5 Å². The van der Waals surface area contributed by atoms with Crippen molar-refractivity contribution in [3.8, 4) is 0 Å². The maximum Gasteiger partial charge on any atom is 0.335 e. The Labute approximate surface area is 118 Å². The third kappa shape index (κ3) is 2.69. The molecule has 2 unspecified atom stereocenters. The Morgan fingerprint density at radius 2 is 1.90 bits per heavy atom. The Morgan fingerprint density at radius 1 is 1.25 bits per heavy atom. The van der Waals surface area contributed by atoms with Gasteiger partial charge in [0.1, 0.15) is 0 Å². The molecule has 0 saturated heterocycles. The van der Waals surface area contributed by atoms with Gasteiger partial charge in [0, 0.05) is 19.5 Å². The molecule has 1 amide bonds. The summed E-state index contributed by atoms with van der Waals surface area (Å²) in [7, 11) is 1.83. The number of hydrogen-bond acceptors (Lipinski definition) is 2. The molecule has 1 N–H and O–H groups in total. The second-order valence-corrected chi connectivity index (χ2v) is 6.04. The van der Waals surface area contributed by atoms with Gasteiger partial charge in [0.15, 0.2) is 0 Å². The van der Waals surface area contributed by atoms with E-state index in [0.717, 1.165) is 17.9 Å². The van der Waals surface area contributed by atoms with Crippen LogP contribution in [0.1, 0.15) is 35.2 Å². The predicted octanol–water partition coefficient (Wildman–Crippen LogP) is 2.39. The van der Waals surface area contributed by atoms with Gasteiger partial charge in [-0.25, -0.2) is 4.79 Å². The maximum absolute atomic E-state index is 12.3. The number of carbonyl (C=O) groups excluding carboxylic acids is 1. The lowest BCUT2D eigenvalue weighted by molar-refractivity contribution is -0.132. The highest BCUT2D eigenvalue weighted by Gasteiger charge is 2.51. The van der Waals surface area contributed by atoms with E-state index in [1.165, 1.54) is 12.8 Å². The van der Waals surface area contributed by atoms with Gasteiger partial charge in [-0.2, -0.15) is 0 Å². The van der Waals surface area contributed by atoms with Crippen molar-refractivity contribution < 1.29 is 14.7 Å². The summed E-state index contributed by atoms with van der Waals surface area (Å²) in [5, 5.41) is 8.85. The van der Waals surface area contributed by atoms with Crippen LogP contribution in [-0.4, -0.2) is 28.9 Å². The molecule has 0 heterocycles. The molecule has 3 rings (SSSR count). The zero-order valence-electron chi connectivity index (χ0n) is 11.6. The van der Waals surface area contributed by atoms with Crippen molar-refractivity contribution in [2.24, 2.45) is 17.8 Å². The van der Waals surface area contributed by atoms with E-state index in [1.54, 1.807) is 29.2 Å². The summed E-state index contributed by atoms with van der Waals surface area (Å²) in [6, 6.07) is 6.72.